The largest absolute Gasteiger partial charge is 0.353 e. The molecule has 0 saturated carbocycles. The van der Waals surface area contributed by atoms with Crippen molar-refractivity contribution in [3.05, 3.63) is 25.9 Å². The van der Waals surface area contributed by atoms with Crippen LogP contribution in [0.3, 0.4) is 0 Å². The highest BCUT2D eigenvalue weighted by Crippen LogP contribution is 2.05. The summed E-state index contributed by atoms with van der Waals surface area (Å²) in [6, 6.07) is 0. The summed E-state index contributed by atoms with van der Waals surface area (Å²) in [5, 5.41) is 0. The third-order valence-corrected chi connectivity index (χ3v) is 3.24. The van der Waals surface area contributed by atoms with E-state index in [1.165, 1.54) is 0 Å². The van der Waals surface area contributed by atoms with Gasteiger partial charge in [0, 0.05) is 32.4 Å². The van der Waals surface area contributed by atoms with Gasteiger partial charge in [0.2, 0.25) is 0 Å². The molecule has 1 aromatic heterocycles. The molecule has 0 aromatic carbocycles. The average molecular weight is 366 g/mol. The second-order valence-corrected chi connectivity index (χ2v) is 4.90. The Balaban J connectivity index is 2.72. The van der Waals surface area contributed by atoms with Gasteiger partial charge in [0.25, 0.3) is 5.56 Å². The van der Waals surface area contributed by atoms with Gasteiger partial charge < -0.3 is 9.47 Å². The Kier molecular flexibility index (Phi) is 6.80. The number of nitrogens with zero attached hydrogens (tertiary/aromatic N) is 2. The molecule has 0 amide bonds. The Morgan fingerprint density at radius 2 is 2.00 bits per heavy atom. The lowest BCUT2D eigenvalue weighted by atomic mass is 10.4. The van der Waals surface area contributed by atoms with Crippen molar-refractivity contribution in [2.75, 3.05) is 13.2 Å². The van der Waals surface area contributed by atoms with E-state index in [2.05, 4.69) is 4.98 Å². The molecule has 0 aliphatic carbocycles. The average Bonchev–Trinajstić information content (AvgIpc) is 2.34. The van der Waals surface area contributed by atoms with Crippen molar-refractivity contribution in [1.29, 1.82) is 0 Å². The minimum absolute atomic E-state index is 0.00477. The molecule has 18 heavy (non-hydrogen) atoms. The topological polar surface area (TPSA) is 53.4 Å². The molecule has 0 fully saturated rings. The van der Waals surface area contributed by atoms with Crippen LogP contribution in [0.5, 0.6) is 0 Å². The number of hydrogen-bond acceptors (Lipinski definition) is 4. The quantitative estimate of drug-likeness (QED) is 0.547. The highest BCUT2D eigenvalue weighted by molar-refractivity contribution is 14.1. The highest BCUT2D eigenvalue weighted by Gasteiger charge is 2.11. The first-order valence-corrected chi connectivity index (χ1v) is 7.13. The maximum atomic E-state index is 12.0. The molecule has 6 heteroatoms. The summed E-state index contributed by atoms with van der Waals surface area (Å²) in [5.74, 6) is 0.715. The zero-order valence-electron chi connectivity index (χ0n) is 11.0. The number of ether oxygens (including phenoxy) is 2. The van der Waals surface area contributed by atoms with Gasteiger partial charge in [0.05, 0.1) is 3.57 Å². The third kappa shape index (κ3) is 4.33. The smallest absolute Gasteiger partial charge is 0.266 e. The fraction of sp³-hybridized carbons (Fsp3) is 0.667. The molecule has 0 radical (unpaired) electrons. The van der Waals surface area contributed by atoms with Crippen molar-refractivity contribution in [2.45, 2.75) is 40.0 Å². The predicted molar refractivity (Wildman–Crippen MR) is 77.6 cm³/mol. The Morgan fingerprint density at radius 3 is 2.56 bits per heavy atom. The van der Waals surface area contributed by atoms with E-state index < -0.39 is 0 Å². The molecule has 1 rings (SSSR count). The van der Waals surface area contributed by atoms with Crippen LogP contribution in [-0.4, -0.2) is 29.1 Å². The van der Waals surface area contributed by atoms with Crippen molar-refractivity contribution >= 4 is 22.6 Å². The standard InChI is InChI=1S/C12H19IN2O3/c1-4-17-11(18-5-2)6-7-15-9(3)14-8-10(13)12(15)16/h8,11H,4-7H2,1-3H3. The monoisotopic (exact) mass is 366 g/mol. The van der Waals surface area contributed by atoms with Crippen LogP contribution in [0.2, 0.25) is 0 Å². The number of halogens is 1. The van der Waals surface area contributed by atoms with Gasteiger partial charge in [-0.3, -0.25) is 9.36 Å². The van der Waals surface area contributed by atoms with Crippen LogP contribution in [0, 0.1) is 10.5 Å². The van der Waals surface area contributed by atoms with Gasteiger partial charge in [0.1, 0.15) is 5.82 Å². The molecule has 1 aromatic rings. The molecule has 102 valence electrons. The summed E-state index contributed by atoms with van der Waals surface area (Å²) >= 11 is 2.00. The number of aryl methyl sites for hydroxylation is 1. The molecule has 0 atom stereocenters. The van der Waals surface area contributed by atoms with Crippen LogP contribution in [0.15, 0.2) is 11.0 Å². The zero-order chi connectivity index (χ0) is 13.5. The van der Waals surface area contributed by atoms with Crippen LogP contribution in [0.1, 0.15) is 26.1 Å². The van der Waals surface area contributed by atoms with Crippen LogP contribution in [0.25, 0.3) is 0 Å². The summed E-state index contributed by atoms with van der Waals surface area (Å²) in [6.07, 6.45) is 1.98. The minimum atomic E-state index is -0.260. The third-order valence-electron chi connectivity index (χ3n) is 2.50. The summed E-state index contributed by atoms with van der Waals surface area (Å²) < 4.78 is 13.2. The van der Waals surface area contributed by atoms with E-state index in [1.54, 1.807) is 10.8 Å². The van der Waals surface area contributed by atoms with E-state index in [0.29, 0.717) is 35.6 Å². The second kappa shape index (κ2) is 7.85. The summed E-state index contributed by atoms with van der Waals surface area (Å²) in [6.45, 7) is 7.44. The zero-order valence-corrected chi connectivity index (χ0v) is 13.1. The van der Waals surface area contributed by atoms with E-state index >= 15 is 0 Å². The van der Waals surface area contributed by atoms with Crippen LogP contribution >= 0.6 is 22.6 Å². The van der Waals surface area contributed by atoms with Crippen molar-refractivity contribution in [1.82, 2.24) is 9.55 Å². The Hall–Kier alpha value is -0.470. The lowest BCUT2D eigenvalue weighted by Gasteiger charge is -2.18. The number of aromatic nitrogens is 2. The van der Waals surface area contributed by atoms with Crippen molar-refractivity contribution in [3.63, 3.8) is 0 Å². The lowest BCUT2D eigenvalue weighted by molar-refractivity contribution is -0.141. The first-order chi connectivity index (χ1) is 8.60. The predicted octanol–water partition coefficient (Wildman–Crippen LogP) is 1.95. The second-order valence-electron chi connectivity index (χ2n) is 3.74. The SMILES string of the molecule is CCOC(CCn1c(C)ncc(I)c1=O)OCC. The first kappa shape index (κ1) is 15.6. The first-order valence-electron chi connectivity index (χ1n) is 6.05. The molecule has 0 bridgehead atoms. The van der Waals surface area contributed by atoms with Crippen LogP contribution < -0.4 is 5.56 Å². The van der Waals surface area contributed by atoms with E-state index in [4.69, 9.17) is 9.47 Å². The van der Waals surface area contributed by atoms with E-state index in [0.717, 1.165) is 0 Å². The Labute approximate surface area is 121 Å². The maximum absolute atomic E-state index is 12.0. The molecule has 1 heterocycles. The van der Waals surface area contributed by atoms with Gasteiger partial charge in [-0.05, 0) is 43.4 Å². The normalized spacial score (nSPS) is 11.2. The van der Waals surface area contributed by atoms with E-state index in [1.807, 2.05) is 43.4 Å². The summed E-state index contributed by atoms with van der Waals surface area (Å²) in [4.78, 5) is 16.1. The van der Waals surface area contributed by atoms with Gasteiger partial charge >= 0.3 is 0 Å². The Bertz CT molecular complexity index is 428. The van der Waals surface area contributed by atoms with Gasteiger partial charge in [0.15, 0.2) is 6.29 Å². The van der Waals surface area contributed by atoms with Gasteiger partial charge in [-0.1, -0.05) is 0 Å². The van der Waals surface area contributed by atoms with Crippen molar-refractivity contribution in [2.24, 2.45) is 0 Å². The van der Waals surface area contributed by atoms with Crippen LogP contribution in [-0.2, 0) is 16.0 Å². The molecule has 0 spiro atoms. The number of hydrogen-bond donors (Lipinski definition) is 0. The van der Waals surface area contributed by atoms with E-state index in [9.17, 15) is 4.79 Å². The van der Waals surface area contributed by atoms with Gasteiger partial charge in [-0.15, -0.1) is 0 Å². The number of rotatable bonds is 7. The highest BCUT2D eigenvalue weighted by atomic mass is 127. The van der Waals surface area contributed by atoms with Gasteiger partial charge in [-0.2, -0.15) is 0 Å². The van der Waals surface area contributed by atoms with Crippen molar-refractivity contribution < 1.29 is 9.47 Å². The van der Waals surface area contributed by atoms with Gasteiger partial charge in [-0.25, -0.2) is 4.98 Å². The lowest BCUT2D eigenvalue weighted by Crippen LogP contribution is -2.28. The summed E-state index contributed by atoms with van der Waals surface area (Å²) in [5.41, 5.74) is -0.00477. The molecular formula is C12H19IN2O3. The van der Waals surface area contributed by atoms with Crippen LogP contribution in [0.4, 0.5) is 0 Å². The molecule has 0 saturated heterocycles. The molecule has 0 aliphatic rings. The molecular weight excluding hydrogens is 347 g/mol. The fourth-order valence-corrected chi connectivity index (χ4v) is 2.07. The molecule has 0 aliphatic heterocycles. The fourth-order valence-electron chi connectivity index (χ4n) is 1.64. The minimum Gasteiger partial charge on any atom is -0.353 e. The maximum Gasteiger partial charge on any atom is 0.266 e. The molecule has 5 nitrogen and oxygen atoms in total. The Morgan fingerprint density at radius 1 is 1.39 bits per heavy atom. The van der Waals surface area contributed by atoms with Crippen molar-refractivity contribution in [3.8, 4) is 0 Å². The molecule has 0 unspecified atom stereocenters. The molecule has 0 N–H and O–H groups in total. The summed E-state index contributed by atoms with van der Waals surface area (Å²) in [7, 11) is 0. The van der Waals surface area contributed by atoms with E-state index in [-0.39, 0.29) is 11.8 Å².